The summed E-state index contributed by atoms with van der Waals surface area (Å²) in [5, 5.41) is 4.14. The Morgan fingerprint density at radius 2 is 1.83 bits per heavy atom. The molecular formula is C28H24N6O2. The third kappa shape index (κ3) is 4.34. The largest absolute Gasteiger partial charge is 0.456 e. The summed E-state index contributed by atoms with van der Waals surface area (Å²) in [5.74, 6) is -0.405. The van der Waals surface area contributed by atoms with Gasteiger partial charge in [0.25, 0.3) is 0 Å². The fourth-order valence-corrected chi connectivity index (χ4v) is 4.46. The molecule has 0 aliphatic carbocycles. The van der Waals surface area contributed by atoms with Crippen LogP contribution >= 0.6 is 0 Å². The van der Waals surface area contributed by atoms with Crippen molar-refractivity contribution in [3.63, 3.8) is 0 Å². The Labute approximate surface area is 207 Å². The number of H-pyrrole nitrogens is 1. The number of ether oxygens (including phenoxy) is 1. The van der Waals surface area contributed by atoms with Crippen LogP contribution in [0.4, 0.5) is 0 Å². The van der Waals surface area contributed by atoms with Crippen molar-refractivity contribution in [1.82, 2.24) is 30.2 Å². The Bertz CT molecular complexity index is 1570. The van der Waals surface area contributed by atoms with Crippen molar-refractivity contribution < 1.29 is 9.53 Å². The number of nitrogens with zero attached hydrogens (tertiary/aromatic N) is 4. The summed E-state index contributed by atoms with van der Waals surface area (Å²) in [7, 11) is 0. The second-order valence-electron chi connectivity index (χ2n) is 8.85. The molecule has 1 atom stereocenters. The molecule has 1 fully saturated rings. The number of carbonyl (C=O) groups excluding carboxylic acids is 1. The quantitative estimate of drug-likeness (QED) is 0.358. The molecule has 2 N–H and O–H groups in total. The summed E-state index contributed by atoms with van der Waals surface area (Å²) >= 11 is 0. The van der Waals surface area contributed by atoms with Crippen molar-refractivity contribution in [3.05, 3.63) is 84.6 Å². The molecule has 0 amide bonds. The summed E-state index contributed by atoms with van der Waals surface area (Å²) in [4.78, 5) is 34.2. The summed E-state index contributed by atoms with van der Waals surface area (Å²) < 4.78 is 5.58. The average molecular weight is 477 g/mol. The Balaban J connectivity index is 1.33. The van der Waals surface area contributed by atoms with Crippen molar-refractivity contribution in [2.75, 3.05) is 13.1 Å². The molecule has 5 aromatic rings. The highest BCUT2D eigenvalue weighted by molar-refractivity contribution is 5.90. The summed E-state index contributed by atoms with van der Waals surface area (Å²) in [6, 6.07) is 19.4. The molecule has 0 radical (unpaired) electrons. The number of aromatic amines is 1. The molecule has 0 bridgehead atoms. The average Bonchev–Trinajstić information content (AvgIpc) is 3.61. The number of hydrogen-bond acceptors (Lipinski definition) is 7. The van der Waals surface area contributed by atoms with Crippen LogP contribution in [0.3, 0.4) is 0 Å². The first kappa shape index (κ1) is 22.1. The van der Waals surface area contributed by atoms with E-state index in [9.17, 15) is 4.79 Å². The van der Waals surface area contributed by atoms with Gasteiger partial charge in [0.1, 0.15) is 11.8 Å². The lowest BCUT2D eigenvalue weighted by Gasteiger charge is -2.11. The minimum atomic E-state index is -0.405. The van der Waals surface area contributed by atoms with E-state index in [0.29, 0.717) is 17.9 Å². The summed E-state index contributed by atoms with van der Waals surface area (Å²) in [6.07, 6.45) is 4.17. The Morgan fingerprint density at radius 3 is 2.69 bits per heavy atom. The second kappa shape index (κ2) is 9.31. The van der Waals surface area contributed by atoms with Crippen LogP contribution in [0.5, 0.6) is 0 Å². The molecule has 5 heterocycles. The molecule has 178 valence electrons. The molecule has 6 rings (SSSR count). The molecule has 36 heavy (non-hydrogen) atoms. The molecule has 8 heteroatoms. The van der Waals surface area contributed by atoms with E-state index < -0.39 is 5.97 Å². The standard InChI is InChI=1S/C28H24N6O2/c1-17-4-2-6-24(33-17)27-26(31-16-32-27)18-8-9-22-19(12-18)13-20(14-30-22)23-5-3-7-25(34-23)28(35)36-21-10-11-29-15-21/h2-9,12-14,16,21,29H,10-11,15H2,1H3,(H,31,32)/t21-/m1/s1. The van der Waals surface area contributed by atoms with Crippen LogP contribution in [-0.2, 0) is 4.74 Å². The number of nitrogens with one attached hydrogen (secondary N) is 2. The van der Waals surface area contributed by atoms with Crippen LogP contribution in [0.15, 0.2) is 73.2 Å². The van der Waals surface area contributed by atoms with Gasteiger partial charge in [0.15, 0.2) is 0 Å². The van der Waals surface area contributed by atoms with Gasteiger partial charge < -0.3 is 15.0 Å². The van der Waals surface area contributed by atoms with E-state index in [4.69, 9.17) is 4.74 Å². The highest BCUT2D eigenvalue weighted by Gasteiger charge is 2.21. The van der Waals surface area contributed by atoms with E-state index in [0.717, 1.165) is 57.8 Å². The third-order valence-corrected chi connectivity index (χ3v) is 6.28. The zero-order valence-corrected chi connectivity index (χ0v) is 19.7. The number of carbonyl (C=O) groups is 1. The maximum atomic E-state index is 12.6. The van der Waals surface area contributed by atoms with Crippen LogP contribution in [-0.4, -0.2) is 50.1 Å². The van der Waals surface area contributed by atoms with Crippen molar-refractivity contribution in [1.29, 1.82) is 0 Å². The second-order valence-corrected chi connectivity index (χ2v) is 8.85. The highest BCUT2D eigenvalue weighted by Crippen LogP contribution is 2.31. The Morgan fingerprint density at radius 1 is 0.972 bits per heavy atom. The molecule has 0 unspecified atom stereocenters. The van der Waals surface area contributed by atoms with E-state index in [2.05, 4.69) is 36.3 Å². The maximum Gasteiger partial charge on any atom is 0.357 e. The predicted molar refractivity (Wildman–Crippen MR) is 137 cm³/mol. The molecule has 1 saturated heterocycles. The van der Waals surface area contributed by atoms with Gasteiger partial charge in [-0.15, -0.1) is 0 Å². The van der Waals surface area contributed by atoms with Crippen LogP contribution in [0.25, 0.3) is 44.8 Å². The van der Waals surface area contributed by atoms with Crippen molar-refractivity contribution in [2.45, 2.75) is 19.4 Å². The van der Waals surface area contributed by atoms with Gasteiger partial charge in [-0.25, -0.2) is 14.8 Å². The van der Waals surface area contributed by atoms with Crippen LogP contribution in [0.1, 0.15) is 22.6 Å². The maximum absolute atomic E-state index is 12.6. The topological polar surface area (TPSA) is 106 Å². The first-order valence-corrected chi connectivity index (χ1v) is 11.9. The minimum absolute atomic E-state index is 0.106. The van der Waals surface area contributed by atoms with E-state index in [-0.39, 0.29) is 6.10 Å². The fraction of sp³-hybridized carbons (Fsp3) is 0.179. The first-order valence-electron chi connectivity index (χ1n) is 11.9. The van der Waals surface area contributed by atoms with Crippen molar-refractivity contribution >= 4 is 16.9 Å². The summed E-state index contributed by atoms with van der Waals surface area (Å²) in [6.45, 7) is 3.51. The number of aromatic nitrogens is 5. The Hall–Kier alpha value is -4.43. The minimum Gasteiger partial charge on any atom is -0.456 e. The van der Waals surface area contributed by atoms with Crippen molar-refractivity contribution in [2.24, 2.45) is 0 Å². The molecule has 1 aliphatic heterocycles. The van der Waals surface area contributed by atoms with Gasteiger partial charge >= 0.3 is 5.97 Å². The van der Waals surface area contributed by atoms with Gasteiger partial charge in [0, 0.05) is 34.9 Å². The van der Waals surface area contributed by atoms with Gasteiger partial charge in [-0.1, -0.05) is 18.2 Å². The lowest BCUT2D eigenvalue weighted by Crippen LogP contribution is -2.21. The van der Waals surface area contributed by atoms with Gasteiger partial charge in [-0.2, -0.15) is 0 Å². The highest BCUT2D eigenvalue weighted by atomic mass is 16.5. The van der Waals surface area contributed by atoms with Crippen LogP contribution < -0.4 is 5.32 Å². The SMILES string of the molecule is Cc1cccc(-c2[nH]cnc2-c2ccc3ncc(-c4cccc(C(=O)O[C@@H]5CCNC5)n4)cc3c2)n1. The molecule has 1 aromatic carbocycles. The number of rotatable bonds is 5. The number of pyridine rings is 3. The lowest BCUT2D eigenvalue weighted by molar-refractivity contribution is 0.0337. The number of aryl methyl sites for hydroxylation is 1. The van der Waals surface area contributed by atoms with Crippen LogP contribution in [0.2, 0.25) is 0 Å². The molecule has 1 aliphatic rings. The van der Waals surface area contributed by atoms with E-state index in [1.165, 1.54) is 0 Å². The molecule has 0 spiro atoms. The molecule has 4 aromatic heterocycles. The van der Waals surface area contributed by atoms with E-state index in [1.54, 1.807) is 18.6 Å². The lowest BCUT2D eigenvalue weighted by atomic mass is 10.0. The smallest absolute Gasteiger partial charge is 0.357 e. The van der Waals surface area contributed by atoms with E-state index in [1.807, 2.05) is 55.5 Å². The first-order chi connectivity index (χ1) is 17.6. The number of imidazole rings is 1. The number of hydrogen-bond donors (Lipinski definition) is 2. The molecular weight excluding hydrogens is 452 g/mol. The van der Waals surface area contributed by atoms with E-state index >= 15 is 0 Å². The number of fused-ring (bicyclic) bond motifs is 1. The zero-order valence-electron chi connectivity index (χ0n) is 19.7. The monoisotopic (exact) mass is 476 g/mol. The van der Waals surface area contributed by atoms with Crippen LogP contribution in [0, 0.1) is 6.92 Å². The number of benzene rings is 1. The van der Waals surface area contributed by atoms with Gasteiger partial charge in [0.2, 0.25) is 0 Å². The molecule has 0 saturated carbocycles. The Kier molecular flexibility index (Phi) is 5.71. The predicted octanol–water partition coefficient (Wildman–Crippen LogP) is 4.58. The summed E-state index contributed by atoms with van der Waals surface area (Å²) in [5.41, 5.74) is 7.07. The molecule has 8 nitrogen and oxygen atoms in total. The van der Waals surface area contributed by atoms with Gasteiger partial charge in [0.05, 0.1) is 34.6 Å². The number of esters is 1. The normalized spacial score (nSPS) is 15.3. The zero-order chi connectivity index (χ0) is 24.5. The van der Waals surface area contributed by atoms with Gasteiger partial charge in [-0.05, 0) is 62.4 Å². The fourth-order valence-electron chi connectivity index (χ4n) is 4.46. The van der Waals surface area contributed by atoms with Gasteiger partial charge in [-0.3, -0.25) is 9.97 Å². The third-order valence-electron chi connectivity index (χ3n) is 6.28. The van der Waals surface area contributed by atoms with Crippen molar-refractivity contribution in [3.8, 4) is 33.9 Å².